The van der Waals surface area contributed by atoms with Crippen LogP contribution in [-0.4, -0.2) is 12.5 Å². The van der Waals surface area contributed by atoms with E-state index in [-0.39, 0.29) is 12.2 Å². The number of benzene rings is 1. The summed E-state index contributed by atoms with van der Waals surface area (Å²) in [6.07, 6.45) is 1.75. The Hall–Kier alpha value is -2.30. The summed E-state index contributed by atoms with van der Waals surface area (Å²) in [5, 5.41) is 0.898. The fourth-order valence-corrected chi connectivity index (χ4v) is 2.19. The molecule has 2 aromatic rings. The molecule has 0 atom stereocenters. The van der Waals surface area contributed by atoms with Gasteiger partial charge in [0.15, 0.2) is 6.61 Å². The van der Waals surface area contributed by atoms with Gasteiger partial charge in [0.25, 0.3) is 5.91 Å². The molecule has 0 unspecified atom stereocenters. The van der Waals surface area contributed by atoms with Crippen LogP contribution < -0.4 is 16.1 Å². The molecule has 0 saturated carbocycles. The Bertz CT molecular complexity index is 703. The van der Waals surface area contributed by atoms with Crippen LogP contribution in [0.1, 0.15) is 24.5 Å². The van der Waals surface area contributed by atoms with E-state index in [0.29, 0.717) is 16.9 Å². The highest BCUT2D eigenvalue weighted by Gasteiger charge is 2.12. The van der Waals surface area contributed by atoms with E-state index in [1.165, 1.54) is 6.07 Å². The Morgan fingerprint density at radius 2 is 2.15 bits per heavy atom. The second-order valence-electron chi connectivity index (χ2n) is 4.66. The molecule has 0 spiro atoms. The number of ether oxygens (including phenoxy) is 1. The summed E-state index contributed by atoms with van der Waals surface area (Å²) in [7, 11) is 0. The smallest absolute Gasteiger partial charge is 0.336 e. The van der Waals surface area contributed by atoms with Gasteiger partial charge in [-0.05, 0) is 31.0 Å². The fourth-order valence-electron chi connectivity index (χ4n) is 2.19. The Labute approximate surface area is 116 Å². The summed E-state index contributed by atoms with van der Waals surface area (Å²) >= 11 is 0. The molecule has 106 valence electrons. The van der Waals surface area contributed by atoms with Crippen molar-refractivity contribution < 1.29 is 13.9 Å². The monoisotopic (exact) mass is 275 g/mol. The Morgan fingerprint density at radius 3 is 2.80 bits per heavy atom. The lowest BCUT2D eigenvalue weighted by Crippen LogP contribution is -2.20. The third-order valence-electron chi connectivity index (χ3n) is 3.09. The average Bonchev–Trinajstić information content (AvgIpc) is 2.39. The van der Waals surface area contributed by atoms with Crippen LogP contribution in [0.5, 0.6) is 5.75 Å². The first-order valence-electron chi connectivity index (χ1n) is 6.50. The summed E-state index contributed by atoms with van der Waals surface area (Å²) in [5.41, 5.74) is 6.83. The topological polar surface area (TPSA) is 82.5 Å². The number of aryl methyl sites for hydroxylation is 2. The number of amides is 1. The lowest BCUT2D eigenvalue weighted by molar-refractivity contribution is -0.119. The van der Waals surface area contributed by atoms with Crippen molar-refractivity contribution >= 4 is 16.9 Å². The summed E-state index contributed by atoms with van der Waals surface area (Å²) < 4.78 is 10.6. The van der Waals surface area contributed by atoms with Crippen LogP contribution in [0.15, 0.2) is 27.4 Å². The minimum atomic E-state index is -0.550. The van der Waals surface area contributed by atoms with Crippen molar-refractivity contribution in [1.29, 1.82) is 0 Å². The maximum absolute atomic E-state index is 11.6. The predicted octanol–water partition coefficient (Wildman–Crippen LogP) is 1.92. The van der Waals surface area contributed by atoms with Crippen molar-refractivity contribution in [3.05, 3.63) is 39.7 Å². The molecule has 5 heteroatoms. The number of nitrogens with two attached hydrogens (primary N) is 1. The molecule has 1 aromatic heterocycles. The molecule has 0 saturated heterocycles. The first-order valence-corrected chi connectivity index (χ1v) is 6.50. The van der Waals surface area contributed by atoms with Gasteiger partial charge < -0.3 is 14.9 Å². The Kier molecular flexibility index (Phi) is 4.08. The lowest BCUT2D eigenvalue weighted by Gasteiger charge is -2.11. The van der Waals surface area contributed by atoms with Crippen LogP contribution in [0.2, 0.25) is 0 Å². The zero-order valence-corrected chi connectivity index (χ0v) is 11.6. The van der Waals surface area contributed by atoms with Crippen LogP contribution in [0.4, 0.5) is 0 Å². The normalized spacial score (nSPS) is 10.7. The molecular formula is C15H17NO4. The number of primary amides is 1. The highest BCUT2D eigenvalue weighted by Crippen LogP contribution is 2.28. The van der Waals surface area contributed by atoms with Gasteiger partial charge in [-0.15, -0.1) is 0 Å². The molecule has 5 nitrogen and oxygen atoms in total. The van der Waals surface area contributed by atoms with E-state index in [1.807, 2.05) is 6.07 Å². The molecule has 0 aliphatic heterocycles. The van der Waals surface area contributed by atoms with Gasteiger partial charge >= 0.3 is 5.63 Å². The molecule has 2 N–H and O–H groups in total. The van der Waals surface area contributed by atoms with E-state index >= 15 is 0 Å². The number of carbonyl (C=O) groups is 1. The van der Waals surface area contributed by atoms with Crippen molar-refractivity contribution in [2.24, 2.45) is 5.73 Å². The molecule has 0 aliphatic carbocycles. The molecule has 0 bridgehead atoms. The third-order valence-corrected chi connectivity index (χ3v) is 3.09. The van der Waals surface area contributed by atoms with Gasteiger partial charge in [-0.1, -0.05) is 13.3 Å². The minimum Gasteiger partial charge on any atom is -0.483 e. The van der Waals surface area contributed by atoms with Gasteiger partial charge in [-0.2, -0.15) is 0 Å². The minimum absolute atomic E-state index is 0.203. The van der Waals surface area contributed by atoms with E-state index in [1.54, 1.807) is 13.0 Å². The summed E-state index contributed by atoms with van der Waals surface area (Å²) in [6, 6.07) is 5.13. The van der Waals surface area contributed by atoms with Crippen LogP contribution in [-0.2, 0) is 11.2 Å². The van der Waals surface area contributed by atoms with Gasteiger partial charge in [0.2, 0.25) is 0 Å². The molecule has 1 heterocycles. The number of hydrogen-bond acceptors (Lipinski definition) is 4. The summed E-state index contributed by atoms with van der Waals surface area (Å²) in [5.74, 6) is -0.0567. The molecule has 0 aliphatic rings. The standard InChI is InChI=1S/C15H17NO4/c1-3-4-10-7-14(18)20-15-9(2)12(6-5-11(10)15)19-8-13(16)17/h5-7H,3-4,8H2,1-2H3,(H2,16,17). The molecule has 20 heavy (non-hydrogen) atoms. The van der Waals surface area contributed by atoms with Crippen molar-refractivity contribution in [2.45, 2.75) is 26.7 Å². The number of carbonyl (C=O) groups excluding carboxylic acids is 1. The van der Waals surface area contributed by atoms with Gasteiger partial charge in [-0.25, -0.2) is 4.79 Å². The molecule has 0 radical (unpaired) electrons. The van der Waals surface area contributed by atoms with Crippen molar-refractivity contribution in [1.82, 2.24) is 0 Å². The Morgan fingerprint density at radius 1 is 1.40 bits per heavy atom. The lowest BCUT2D eigenvalue weighted by atomic mass is 10.0. The number of fused-ring (bicyclic) bond motifs is 1. The van der Waals surface area contributed by atoms with Gasteiger partial charge in [-0.3, -0.25) is 4.79 Å². The van der Waals surface area contributed by atoms with Crippen LogP contribution >= 0.6 is 0 Å². The van der Waals surface area contributed by atoms with E-state index in [4.69, 9.17) is 14.9 Å². The Balaban J connectivity index is 2.55. The molecule has 1 aromatic carbocycles. The summed E-state index contributed by atoms with van der Waals surface area (Å²) in [6.45, 7) is 3.64. The molecular weight excluding hydrogens is 258 g/mol. The maximum Gasteiger partial charge on any atom is 0.336 e. The van der Waals surface area contributed by atoms with Gasteiger partial charge in [0, 0.05) is 17.0 Å². The average molecular weight is 275 g/mol. The van der Waals surface area contributed by atoms with E-state index < -0.39 is 5.91 Å². The fraction of sp³-hybridized carbons (Fsp3) is 0.333. The van der Waals surface area contributed by atoms with E-state index in [9.17, 15) is 9.59 Å². The maximum atomic E-state index is 11.6. The molecule has 1 amide bonds. The highest BCUT2D eigenvalue weighted by molar-refractivity contribution is 5.85. The van der Waals surface area contributed by atoms with Crippen LogP contribution in [0, 0.1) is 6.92 Å². The largest absolute Gasteiger partial charge is 0.483 e. The van der Waals surface area contributed by atoms with Crippen LogP contribution in [0.3, 0.4) is 0 Å². The molecule has 2 rings (SSSR count). The van der Waals surface area contributed by atoms with Gasteiger partial charge in [0.05, 0.1) is 0 Å². The number of rotatable bonds is 5. The predicted molar refractivity (Wildman–Crippen MR) is 75.9 cm³/mol. The third kappa shape index (κ3) is 2.82. The second kappa shape index (κ2) is 5.77. The quantitative estimate of drug-likeness (QED) is 0.845. The second-order valence-corrected chi connectivity index (χ2v) is 4.66. The zero-order valence-electron chi connectivity index (χ0n) is 11.6. The number of hydrogen-bond donors (Lipinski definition) is 1. The van der Waals surface area contributed by atoms with E-state index in [2.05, 4.69) is 6.92 Å². The zero-order chi connectivity index (χ0) is 14.7. The van der Waals surface area contributed by atoms with Crippen molar-refractivity contribution in [3.63, 3.8) is 0 Å². The van der Waals surface area contributed by atoms with Crippen LogP contribution in [0.25, 0.3) is 11.0 Å². The van der Waals surface area contributed by atoms with Crippen molar-refractivity contribution in [3.8, 4) is 5.75 Å². The highest BCUT2D eigenvalue weighted by atomic mass is 16.5. The van der Waals surface area contributed by atoms with Gasteiger partial charge in [0.1, 0.15) is 11.3 Å². The first-order chi connectivity index (χ1) is 9.52. The van der Waals surface area contributed by atoms with Crippen molar-refractivity contribution in [2.75, 3.05) is 6.61 Å². The van der Waals surface area contributed by atoms with E-state index in [0.717, 1.165) is 23.8 Å². The first kappa shape index (κ1) is 14.1. The molecule has 0 fully saturated rings. The summed E-state index contributed by atoms with van der Waals surface area (Å²) in [4.78, 5) is 22.4. The SMILES string of the molecule is CCCc1cc(=O)oc2c(C)c(OCC(N)=O)ccc12.